The van der Waals surface area contributed by atoms with Crippen molar-refractivity contribution in [2.75, 3.05) is 14.2 Å². The van der Waals surface area contributed by atoms with E-state index >= 15 is 0 Å². The number of benzene rings is 3. The fraction of sp³-hybridized carbons (Fsp3) is 0.242. The lowest BCUT2D eigenvalue weighted by molar-refractivity contribution is 0.230. The van der Waals surface area contributed by atoms with Crippen LogP contribution >= 0.6 is 0 Å². The van der Waals surface area contributed by atoms with Gasteiger partial charge < -0.3 is 27.8 Å². The first-order chi connectivity index (χ1) is 19.3. The summed E-state index contributed by atoms with van der Waals surface area (Å²) < 4.78 is 31.3. The van der Waals surface area contributed by atoms with Gasteiger partial charge >= 0.3 is 5.63 Å². The highest BCUT2D eigenvalue weighted by Crippen LogP contribution is 2.45. The molecule has 0 unspecified atom stereocenters. The van der Waals surface area contributed by atoms with Crippen molar-refractivity contribution in [3.63, 3.8) is 0 Å². The largest absolute Gasteiger partial charge is 0.493 e. The zero-order chi connectivity index (χ0) is 28.1. The third kappa shape index (κ3) is 4.09. The molecule has 7 heteroatoms. The van der Waals surface area contributed by atoms with E-state index in [1.165, 1.54) is 0 Å². The van der Waals surface area contributed by atoms with Crippen LogP contribution in [0.4, 0.5) is 0 Å². The average Bonchev–Trinajstić information content (AvgIpc) is 3.29. The van der Waals surface area contributed by atoms with Crippen LogP contribution in [0.5, 0.6) is 23.0 Å². The van der Waals surface area contributed by atoms with Gasteiger partial charge in [0.25, 0.3) is 0 Å². The van der Waals surface area contributed by atoms with Crippen molar-refractivity contribution in [1.29, 1.82) is 0 Å². The molecule has 0 saturated heterocycles. The first-order valence-corrected chi connectivity index (χ1v) is 13.3. The summed E-state index contributed by atoms with van der Waals surface area (Å²) in [5.74, 6) is 2.53. The number of para-hydroxylation sites is 1. The van der Waals surface area contributed by atoms with Gasteiger partial charge in [0.05, 0.1) is 31.9 Å². The number of methoxy groups -OCH3 is 2. The standard InChI is InChI=1S/C33H31NO6/c1-18(2)38-25-12-11-21(16-26(25)36-5)29-30-22-9-7-8-10-24(22)40-33(35)32(30)34-14-13-20-15-28(39-19(3)4)27(37-6)17-23(20)31(29)34/h7-19H,1-6H3. The zero-order valence-electron chi connectivity index (χ0n) is 23.4. The summed E-state index contributed by atoms with van der Waals surface area (Å²) >= 11 is 0. The summed E-state index contributed by atoms with van der Waals surface area (Å²) in [6, 6.07) is 19.4. The third-order valence-corrected chi connectivity index (χ3v) is 6.93. The second-order valence-electron chi connectivity index (χ2n) is 10.3. The van der Waals surface area contributed by atoms with E-state index in [9.17, 15) is 4.79 Å². The molecule has 0 spiro atoms. The minimum absolute atomic E-state index is 0.0110. The first kappa shape index (κ1) is 25.6. The fourth-order valence-corrected chi connectivity index (χ4v) is 5.41. The van der Waals surface area contributed by atoms with Gasteiger partial charge in [-0.15, -0.1) is 0 Å². The molecule has 3 aromatic heterocycles. The van der Waals surface area contributed by atoms with Crippen molar-refractivity contribution in [3.8, 4) is 34.1 Å². The molecule has 6 rings (SSSR count). The number of rotatable bonds is 7. The SMILES string of the molecule is COc1cc(-c2c3c4ccccc4oc(=O)c3n3ccc4cc(OC(C)C)c(OC)cc4c23)ccc1OC(C)C. The molecule has 0 N–H and O–H groups in total. The molecule has 3 aromatic carbocycles. The third-order valence-electron chi connectivity index (χ3n) is 6.93. The summed E-state index contributed by atoms with van der Waals surface area (Å²) in [6.45, 7) is 7.92. The van der Waals surface area contributed by atoms with Gasteiger partial charge in [-0.05, 0) is 75.0 Å². The Morgan fingerprint density at radius 2 is 1.43 bits per heavy atom. The normalized spacial score (nSPS) is 11.8. The molecule has 0 amide bonds. The Morgan fingerprint density at radius 1 is 0.725 bits per heavy atom. The highest BCUT2D eigenvalue weighted by molar-refractivity contribution is 6.21. The number of nitrogens with zero attached hydrogens (tertiary/aromatic N) is 1. The first-order valence-electron chi connectivity index (χ1n) is 13.3. The lowest BCUT2D eigenvalue weighted by Crippen LogP contribution is -2.07. The summed E-state index contributed by atoms with van der Waals surface area (Å²) in [4.78, 5) is 13.5. The molecule has 204 valence electrons. The fourth-order valence-electron chi connectivity index (χ4n) is 5.41. The minimum Gasteiger partial charge on any atom is -0.493 e. The van der Waals surface area contributed by atoms with E-state index < -0.39 is 5.63 Å². The number of fused-ring (bicyclic) bond motifs is 7. The van der Waals surface area contributed by atoms with Gasteiger partial charge in [0.15, 0.2) is 23.0 Å². The molecular weight excluding hydrogens is 506 g/mol. The van der Waals surface area contributed by atoms with Crippen molar-refractivity contribution in [2.24, 2.45) is 0 Å². The van der Waals surface area contributed by atoms with Crippen LogP contribution in [-0.4, -0.2) is 30.8 Å². The van der Waals surface area contributed by atoms with Crippen LogP contribution in [0, 0.1) is 0 Å². The maximum absolute atomic E-state index is 13.5. The van der Waals surface area contributed by atoms with Gasteiger partial charge in [0.2, 0.25) is 0 Å². The van der Waals surface area contributed by atoms with E-state index in [-0.39, 0.29) is 12.2 Å². The molecule has 0 fully saturated rings. The molecule has 7 nitrogen and oxygen atoms in total. The molecule has 0 bridgehead atoms. The Bertz CT molecular complexity index is 1960. The Morgan fingerprint density at radius 3 is 2.15 bits per heavy atom. The van der Waals surface area contributed by atoms with E-state index in [0.717, 1.165) is 38.2 Å². The summed E-state index contributed by atoms with van der Waals surface area (Å²) in [5, 5.41) is 3.51. The van der Waals surface area contributed by atoms with Crippen molar-refractivity contribution >= 4 is 38.2 Å². The van der Waals surface area contributed by atoms with E-state index in [1.807, 2.05) is 99.0 Å². The maximum Gasteiger partial charge on any atom is 0.361 e. The highest BCUT2D eigenvalue weighted by atomic mass is 16.5. The van der Waals surface area contributed by atoms with E-state index in [0.29, 0.717) is 34.1 Å². The summed E-state index contributed by atoms with van der Waals surface area (Å²) in [7, 11) is 3.26. The molecular formula is C33H31NO6. The predicted molar refractivity (Wildman–Crippen MR) is 159 cm³/mol. The molecule has 0 radical (unpaired) electrons. The molecule has 6 aromatic rings. The lowest BCUT2D eigenvalue weighted by atomic mass is 9.98. The quantitative estimate of drug-likeness (QED) is 0.195. The monoisotopic (exact) mass is 537 g/mol. The van der Waals surface area contributed by atoms with Crippen molar-refractivity contribution < 1.29 is 23.4 Å². The maximum atomic E-state index is 13.5. The second kappa shape index (κ2) is 9.83. The van der Waals surface area contributed by atoms with Crippen molar-refractivity contribution in [2.45, 2.75) is 39.9 Å². The van der Waals surface area contributed by atoms with Crippen LogP contribution in [0.15, 0.2) is 76.1 Å². The number of hydrogen-bond donors (Lipinski definition) is 0. The van der Waals surface area contributed by atoms with Crippen LogP contribution in [0.1, 0.15) is 27.7 Å². The van der Waals surface area contributed by atoms with E-state index in [2.05, 4.69) is 0 Å². The molecule has 0 aliphatic carbocycles. The molecule has 0 aliphatic heterocycles. The highest BCUT2D eigenvalue weighted by Gasteiger charge is 2.24. The average molecular weight is 538 g/mol. The van der Waals surface area contributed by atoms with Crippen molar-refractivity contribution in [1.82, 2.24) is 4.40 Å². The lowest BCUT2D eigenvalue weighted by Gasteiger charge is -2.16. The van der Waals surface area contributed by atoms with Gasteiger partial charge in [-0.3, -0.25) is 0 Å². The van der Waals surface area contributed by atoms with Crippen LogP contribution in [0.3, 0.4) is 0 Å². The molecule has 0 saturated carbocycles. The van der Waals surface area contributed by atoms with Crippen LogP contribution < -0.4 is 24.6 Å². The van der Waals surface area contributed by atoms with Crippen molar-refractivity contribution in [3.05, 3.63) is 77.3 Å². The van der Waals surface area contributed by atoms with Crippen LogP contribution in [-0.2, 0) is 0 Å². The predicted octanol–water partition coefficient (Wildman–Crippen LogP) is 7.61. The topological polar surface area (TPSA) is 71.5 Å². The minimum atomic E-state index is -0.409. The second-order valence-corrected chi connectivity index (χ2v) is 10.3. The van der Waals surface area contributed by atoms with Crippen LogP contribution in [0.2, 0.25) is 0 Å². The number of ether oxygens (including phenoxy) is 4. The van der Waals surface area contributed by atoms with Gasteiger partial charge in [0.1, 0.15) is 11.1 Å². The Labute approximate surface area is 231 Å². The van der Waals surface area contributed by atoms with E-state index in [4.69, 9.17) is 23.4 Å². The van der Waals surface area contributed by atoms with Gasteiger partial charge in [-0.2, -0.15) is 0 Å². The molecule has 0 aliphatic rings. The number of hydrogen-bond acceptors (Lipinski definition) is 6. The number of pyridine rings is 1. The van der Waals surface area contributed by atoms with Crippen LogP contribution in [0.25, 0.3) is 49.3 Å². The zero-order valence-corrected chi connectivity index (χ0v) is 23.4. The number of aromatic nitrogens is 1. The molecule has 0 atom stereocenters. The molecule has 3 heterocycles. The Balaban J connectivity index is 1.80. The Kier molecular flexibility index (Phi) is 6.29. The smallest absolute Gasteiger partial charge is 0.361 e. The molecule has 40 heavy (non-hydrogen) atoms. The summed E-state index contributed by atoms with van der Waals surface area (Å²) in [5.41, 5.74) is 3.20. The van der Waals surface area contributed by atoms with Gasteiger partial charge in [-0.25, -0.2) is 4.79 Å². The van der Waals surface area contributed by atoms with E-state index in [1.54, 1.807) is 14.2 Å². The Hall–Kier alpha value is -4.65. The van der Waals surface area contributed by atoms with Gasteiger partial charge in [-0.1, -0.05) is 24.3 Å². The summed E-state index contributed by atoms with van der Waals surface area (Å²) in [6.07, 6.45) is 1.88. The van der Waals surface area contributed by atoms with Gasteiger partial charge in [0, 0.05) is 27.9 Å².